The van der Waals surface area contributed by atoms with Crippen molar-refractivity contribution in [2.75, 3.05) is 0 Å². The van der Waals surface area contributed by atoms with E-state index in [0.29, 0.717) is 0 Å². The van der Waals surface area contributed by atoms with Crippen LogP contribution in [0.3, 0.4) is 0 Å². The number of amides is 1. The molecule has 2 aliphatic heterocycles. The molecule has 0 bridgehead atoms. The predicted molar refractivity (Wildman–Crippen MR) is 48.9 cm³/mol. The Morgan fingerprint density at radius 3 is 3.08 bits per heavy atom. The van der Waals surface area contributed by atoms with E-state index in [1.165, 1.54) is 11.8 Å². The summed E-state index contributed by atoms with van der Waals surface area (Å²) in [5, 5.41) is 2.67. The highest BCUT2D eigenvalue weighted by Crippen LogP contribution is 2.33. The molecule has 2 N–H and O–H groups in total. The van der Waals surface area contributed by atoms with Crippen molar-refractivity contribution in [1.82, 2.24) is 0 Å². The Morgan fingerprint density at radius 1 is 1.58 bits per heavy atom. The minimum atomic E-state index is -0.248. The summed E-state index contributed by atoms with van der Waals surface area (Å²) in [4.78, 5) is 18.9. The molecule has 5 heteroatoms. The molecule has 0 aliphatic carbocycles. The van der Waals surface area contributed by atoms with E-state index in [2.05, 4.69) is 9.98 Å². The summed E-state index contributed by atoms with van der Waals surface area (Å²) >= 11 is 1.45. The van der Waals surface area contributed by atoms with Gasteiger partial charge >= 0.3 is 0 Å². The fourth-order valence-corrected chi connectivity index (χ4v) is 2.20. The maximum absolute atomic E-state index is 11.3. The average Bonchev–Trinajstić information content (AvgIpc) is 2.31. The summed E-state index contributed by atoms with van der Waals surface area (Å²) in [6.07, 6.45) is 0. The molecule has 12 heavy (non-hydrogen) atoms. The molecule has 0 aromatic carbocycles. The second kappa shape index (κ2) is 2.45. The Labute approximate surface area is 73.6 Å². The molecule has 2 rings (SSSR count). The molecule has 0 saturated heterocycles. The Kier molecular flexibility index (Phi) is 1.54. The van der Waals surface area contributed by atoms with E-state index < -0.39 is 0 Å². The molecule has 2 aliphatic rings. The Morgan fingerprint density at radius 2 is 2.33 bits per heavy atom. The van der Waals surface area contributed by atoms with Gasteiger partial charge in [0.25, 0.3) is 5.91 Å². The fraction of sp³-hybridized carbons (Fsp3) is 0.286. The maximum Gasteiger partial charge on any atom is 0.262 e. The first-order valence-electron chi connectivity index (χ1n) is 3.48. The summed E-state index contributed by atoms with van der Waals surface area (Å²) < 4.78 is 0. The van der Waals surface area contributed by atoms with Crippen molar-refractivity contribution in [1.29, 1.82) is 0 Å². The van der Waals surface area contributed by atoms with Gasteiger partial charge in [0.1, 0.15) is 5.92 Å². The van der Waals surface area contributed by atoms with Crippen LogP contribution in [0.15, 0.2) is 21.0 Å². The number of hydrogen-bond acceptors (Lipinski definition) is 4. The standard InChI is InChI=1S/C7H7N3OS/c1-3-2-12-6-4(3)5(11)9-7(8)10-6/h2,4H,1H3,(H2,8,9,11). The quantitative estimate of drug-likeness (QED) is 0.592. The number of fused-ring (bicyclic) bond motifs is 1. The first-order chi connectivity index (χ1) is 5.68. The van der Waals surface area contributed by atoms with Crippen LogP contribution in [0.5, 0.6) is 0 Å². The number of carbonyl (C=O) groups excluding carboxylic acids is 1. The van der Waals surface area contributed by atoms with Gasteiger partial charge in [-0.25, -0.2) is 4.99 Å². The van der Waals surface area contributed by atoms with Gasteiger partial charge in [-0.3, -0.25) is 4.79 Å². The third-order valence-electron chi connectivity index (χ3n) is 1.76. The van der Waals surface area contributed by atoms with Crippen LogP contribution >= 0.6 is 11.8 Å². The van der Waals surface area contributed by atoms with Gasteiger partial charge in [0.05, 0.1) is 5.04 Å². The van der Waals surface area contributed by atoms with Crippen molar-refractivity contribution in [3.63, 3.8) is 0 Å². The van der Waals surface area contributed by atoms with Crippen LogP contribution in [0.25, 0.3) is 0 Å². The van der Waals surface area contributed by atoms with Gasteiger partial charge in [-0.1, -0.05) is 11.8 Å². The van der Waals surface area contributed by atoms with Gasteiger partial charge < -0.3 is 5.73 Å². The zero-order valence-electron chi connectivity index (χ0n) is 6.44. The summed E-state index contributed by atoms with van der Waals surface area (Å²) in [5.41, 5.74) is 6.33. The number of rotatable bonds is 0. The second-order valence-electron chi connectivity index (χ2n) is 2.67. The average molecular weight is 181 g/mol. The molecule has 4 nitrogen and oxygen atoms in total. The van der Waals surface area contributed by atoms with Gasteiger partial charge in [0.2, 0.25) is 5.96 Å². The van der Waals surface area contributed by atoms with Crippen LogP contribution in [-0.2, 0) is 4.79 Å². The van der Waals surface area contributed by atoms with Gasteiger partial charge in [-0.2, -0.15) is 4.99 Å². The Hall–Kier alpha value is -1.10. The first-order valence-corrected chi connectivity index (χ1v) is 4.36. The monoisotopic (exact) mass is 181 g/mol. The van der Waals surface area contributed by atoms with Crippen LogP contribution in [0, 0.1) is 5.92 Å². The molecular formula is C7H7N3OS. The minimum Gasteiger partial charge on any atom is -0.368 e. The molecule has 0 aromatic heterocycles. The molecule has 1 amide bonds. The number of nitrogens with zero attached hydrogens (tertiary/aromatic N) is 2. The minimum absolute atomic E-state index is 0.0712. The zero-order chi connectivity index (χ0) is 8.72. The van der Waals surface area contributed by atoms with E-state index in [-0.39, 0.29) is 17.8 Å². The van der Waals surface area contributed by atoms with E-state index in [1.54, 1.807) is 0 Å². The van der Waals surface area contributed by atoms with Crippen LogP contribution in [0.2, 0.25) is 0 Å². The van der Waals surface area contributed by atoms with Crippen LogP contribution < -0.4 is 5.73 Å². The highest BCUT2D eigenvalue weighted by atomic mass is 32.2. The largest absolute Gasteiger partial charge is 0.368 e. The van der Waals surface area contributed by atoms with E-state index in [1.807, 2.05) is 12.3 Å². The van der Waals surface area contributed by atoms with Crippen LogP contribution in [0.4, 0.5) is 0 Å². The summed E-state index contributed by atoms with van der Waals surface area (Å²) in [7, 11) is 0. The maximum atomic E-state index is 11.3. The summed E-state index contributed by atoms with van der Waals surface area (Å²) in [6.45, 7) is 1.90. The SMILES string of the molecule is CC1=CSC2=NC(N)=NC(=O)C12. The number of aliphatic imine (C=N–C) groups is 2. The third-order valence-corrected chi connectivity index (χ3v) is 2.82. The fourth-order valence-electron chi connectivity index (χ4n) is 1.19. The lowest BCUT2D eigenvalue weighted by Crippen LogP contribution is -2.28. The van der Waals surface area contributed by atoms with Gasteiger partial charge in [-0.05, 0) is 17.9 Å². The lowest BCUT2D eigenvalue weighted by molar-refractivity contribution is -0.118. The molecule has 0 fully saturated rings. The van der Waals surface area contributed by atoms with E-state index in [0.717, 1.165) is 10.6 Å². The molecule has 1 unspecified atom stereocenters. The van der Waals surface area contributed by atoms with E-state index in [4.69, 9.17) is 5.73 Å². The van der Waals surface area contributed by atoms with Crippen molar-refractivity contribution in [3.8, 4) is 0 Å². The van der Waals surface area contributed by atoms with Crippen molar-refractivity contribution in [3.05, 3.63) is 11.0 Å². The molecule has 0 saturated carbocycles. The number of carbonyl (C=O) groups is 1. The van der Waals surface area contributed by atoms with Crippen LogP contribution in [0.1, 0.15) is 6.92 Å². The Bertz CT molecular complexity index is 343. The lowest BCUT2D eigenvalue weighted by Gasteiger charge is -2.12. The van der Waals surface area contributed by atoms with Crippen molar-refractivity contribution >= 4 is 28.7 Å². The molecular weight excluding hydrogens is 174 g/mol. The highest BCUT2D eigenvalue weighted by molar-refractivity contribution is 8.17. The Balaban J connectivity index is 2.42. The molecule has 0 spiro atoms. The molecule has 1 atom stereocenters. The number of hydrogen-bond donors (Lipinski definition) is 1. The van der Waals surface area contributed by atoms with Crippen molar-refractivity contribution in [2.24, 2.45) is 21.6 Å². The topological polar surface area (TPSA) is 67.8 Å². The lowest BCUT2D eigenvalue weighted by atomic mass is 10.0. The number of thioether (sulfide) groups is 1. The highest BCUT2D eigenvalue weighted by Gasteiger charge is 2.33. The van der Waals surface area contributed by atoms with E-state index >= 15 is 0 Å². The number of nitrogens with two attached hydrogens (primary N) is 1. The normalized spacial score (nSPS) is 27.6. The van der Waals surface area contributed by atoms with Gasteiger partial charge in [0.15, 0.2) is 0 Å². The van der Waals surface area contributed by atoms with Crippen molar-refractivity contribution in [2.45, 2.75) is 6.92 Å². The van der Waals surface area contributed by atoms with E-state index in [9.17, 15) is 4.79 Å². The smallest absolute Gasteiger partial charge is 0.262 e. The third kappa shape index (κ3) is 0.972. The number of guanidine groups is 1. The summed E-state index contributed by atoms with van der Waals surface area (Å²) in [5.74, 6) is -0.375. The molecule has 0 aromatic rings. The molecule has 2 heterocycles. The van der Waals surface area contributed by atoms with Crippen LogP contribution in [-0.4, -0.2) is 16.9 Å². The summed E-state index contributed by atoms with van der Waals surface area (Å²) in [6, 6.07) is 0. The molecule has 62 valence electrons. The van der Waals surface area contributed by atoms with Gasteiger partial charge in [-0.15, -0.1) is 0 Å². The zero-order valence-corrected chi connectivity index (χ0v) is 7.26. The van der Waals surface area contributed by atoms with Crippen molar-refractivity contribution < 1.29 is 4.79 Å². The first kappa shape index (κ1) is 7.54. The molecule has 0 radical (unpaired) electrons. The second-order valence-corrected chi connectivity index (χ2v) is 3.56. The van der Waals surface area contributed by atoms with Gasteiger partial charge in [0, 0.05) is 0 Å². The predicted octanol–water partition coefficient (Wildman–Crippen LogP) is 0.507.